The standard InChI is InChI=1S/C20H17Cl2NO2S2/c21-15-8-6-12(10-16(15)22)17-9-7-14(25-17)11-18-19(24)23(20(26)27-18)13-4-2-1-3-5-13/h6-11,13H,1-5H2. The first-order valence-electron chi connectivity index (χ1n) is 8.85. The maximum atomic E-state index is 12.9. The van der Waals surface area contributed by atoms with Crippen LogP contribution in [0.1, 0.15) is 37.9 Å². The Bertz CT molecular complexity index is 932. The molecule has 27 heavy (non-hydrogen) atoms. The van der Waals surface area contributed by atoms with E-state index in [0.717, 1.165) is 31.2 Å². The molecule has 2 aliphatic rings. The SMILES string of the molecule is O=C1C(=Cc2ccc(-c3ccc(Cl)c(Cl)c3)o2)SC(=S)N1C1CCCCC1. The van der Waals surface area contributed by atoms with Crippen LogP contribution in [0.5, 0.6) is 0 Å². The third-order valence-electron chi connectivity index (χ3n) is 4.87. The summed E-state index contributed by atoms with van der Waals surface area (Å²) < 4.78 is 6.53. The zero-order chi connectivity index (χ0) is 19.0. The second-order valence-electron chi connectivity index (χ2n) is 6.67. The Morgan fingerprint density at radius 2 is 1.89 bits per heavy atom. The molecule has 0 atom stereocenters. The molecule has 1 aromatic carbocycles. The molecule has 0 spiro atoms. The lowest BCUT2D eigenvalue weighted by Gasteiger charge is -2.29. The maximum Gasteiger partial charge on any atom is 0.266 e. The summed E-state index contributed by atoms with van der Waals surface area (Å²) in [5.74, 6) is 1.27. The Kier molecular flexibility index (Phi) is 5.65. The number of thioether (sulfide) groups is 1. The molecular formula is C20H17Cl2NO2S2. The number of halogens is 2. The molecule has 0 unspecified atom stereocenters. The van der Waals surface area contributed by atoms with Gasteiger partial charge in [-0.2, -0.15) is 0 Å². The van der Waals surface area contributed by atoms with Gasteiger partial charge in [-0.25, -0.2) is 0 Å². The van der Waals surface area contributed by atoms with Crippen LogP contribution in [0.15, 0.2) is 39.7 Å². The second kappa shape index (κ2) is 8.00. The fourth-order valence-electron chi connectivity index (χ4n) is 3.50. The maximum absolute atomic E-state index is 12.9. The van der Waals surface area contributed by atoms with E-state index in [0.29, 0.717) is 30.8 Å². The summed E-state index contributed by atoms with van der Waals surface area (Å²) in [4.78, 5) is 15.3. The van der Waals surface area contributed by atoms with Gasteiger partial charge in [0.15, 0.2) is 0 Å². The van der Waals surface area contributed by atoms with E-state index in [1.807, 2.05) is 18.2 Å². The Hall–Kier alpha value is -1.27. The van der Waals surface area contributed by atoms with Crippen LogP contribution in [0.3, 0.4) is 0 Å². The predicted octanol–water partition coefficient (Wildman–Crippen LogP) is 6.79. The van der Waals surface area contributed by atoms with Gasteiger partial charge in [0.1, 0.15) is 15.8 Å². The average molecular weight is 438 g/mol. The van der Waals surface area contributed by atoms with Crippen molar-refractivity contribution in [2.24, 2.45) is 0 Å². The van der Waals surface area contributed by atoms with Crippen LogP contribution >= 0.6 is 47.2 Å². The van der Waals surface area contributed by atoms with Crippen LogP contribution in [0.4, 0.5) is 0 Å². The van der Waals surface area contributed by atoms with E-state index >= 15 is 0 Å². The number of carbonyl (C=O) groups excluding carboxylic acids is 1. The fraction of sp³-hybridized carbons (Fsp3) is 0.300. The third-order valence-corrected chi connectivity index (χ3v) is 6.94. The molecule has 2 fully saturated rings. The van der Waals surface area contributed by atoms with E-state index in [-0.39, 0.29) is 11.9 Å². The first-order valence-corrected chi connectivity index (χ1v) is 10.8. The largest absolute Gasteiger partial charge is 0.457 e. The fourth-order valence-corrected chi connectivity index (χ4v) is 5.18. The van der Waals surface area contributed by atoms with Crippen LogP contribution in [0.2, 0.25) is 10.0 Å². The molecule has 1 aromatic heterocycles. The first kappa shape index (κ1) is 19.1. The van der Waals surface area contributed by atoms with Crippen molar-refractivity contribution in [1.82, 2.24) is 4.90 Å². The van der Waals surface area contributed by atoms with Gasteiger partial charge in [-0.05, 0) is 43.2 Å². The van der Waals surface area contributed by atoms with E-state index in [1.165, 1.54) is 18.2 Å². The summed E-state index contributed by atoms with van der Waals surface area (Å²) in [6.07, 6.45) is 7.38. The minimum absolute atomic E-state index is 0.00983. The van der Waals surface area contributed by atoms with Gasteiger partial charge in [-0.15, -0.1) is 0 Å². The van der Waals surface area contributed by atoms with E-state index < -0.39 is 0 Å². The molecule has 1 saturated heterocycles. The normalized spacial score (nSPS) is 20.1. The van der Waals surface area contributed by atoms with Crippen LogP contribution < -0.4 is 0 Å². The van der Waals surface area contributed by atoms with Crippen molar-refractivity contribution in [3.8, 4) is 11.3 Å². The molecule has 2 aromatic rings. The molecule has 0 radical (unpaired) electrons. The summed E-state index contributed by atoms with van der Waals surface area (Å²) in [6.45, 7) is 0. The number of thiocarbonyl (C=S) groups is 1. The van der Waals surface area contributed by atoms with E-state index in [9.17, 15) is 4.79 Å². The summed E-state index contributed by atoms with van der Waals surface area (Å²) >= 11 is 18.9. The smallest absolute Gasteiger partial charge is 0.266 e. The van der Waals surface area contributed by atoms with E-state index in [1.54, 1.807) is 23.1 Å². The average Bonchev–Trinajstić information content (AvgIpc) is 3.23. The van der Waals surface area contributed by atoms with Crippen molar-refractivity contribution in [2.45, 2.75) is 38.1 Å². The number of furan rings is 1. The minimum Gasteiger partial charge on any atom is -0.457 e. The van der Waals surface area contributed by atoms with Crippen molar-refractivity contribution in [3.63, 3.8) is 0 Å². The zero-order valence-corrected chi connectivity index (χ0v) is 17.6. The minimum atomic E-state index is -0.00983. The highest BCUT2D eigenvalue weighted by Crippen LogP contribution is 2.38. The number of carbonyl (C=O) groups is 1. The van der Waals surface area contributed by atoms with Crippen molar-refractivity contribution in [1.29, 1.82) is 0 Å². The highest BCUT2D eigenvalue weighted by molar-refractivity contribution is 8.26. The summed E-state index contributed by atoms with van der Waals surface area (Å²) in [7, 11) is 0. The van der Waals surface area contributed by atoms with Crippen molar-refractivity contribution in [2.75, 3.05) is 0 Å². The van der Waals surface area contributed by atoms with Gasteiger partial charge in [0.2, 0.25) is 0 Å². The monoisotopic (exact) mass is 437 g/mol. The Morgan fingerprint density at radius 1 is 1.11 bits per heavy atom. The molecule has 0 N–H and O–H groups in total. The van der Waals surface area contributed by atoms with Crippen LogP contribution in [-0.4, -0.2) is 21.2 Å². The van der Waals surface area contributed by atoms with Gasteiger partial charge in [-0.3, -0.25) is 9.69 Å². The zero-order valence-electron chi connectivity index (χ0n) is 14.4. The molecule has 0 bridgehead atoms. The van der Waals surface area contributed by atoms with Gasteiger partial charge in [0.05, 0.1) is 15.0 Å². The highest BCUT2D eigenvalue weighted by atomic mass is 35.5. The molecule has 1 aliphatic carbocycles. The summed E-state index contributed by atoms with van der Waals surface area (Å²) in [6, 6.07) is 9.27. The van der Waals surface area contributed by atoms with Crippen LogP contribution in [-0.2, 0) is 4.79 Å². The highest BCUT2D eigenvalue weighted by Gasteiger charge is 2.37. The number of rotatable bonds is 3. The third kappa shape index (κ3) is 3.97. The molecule has 2 heterocycles. The van der Waals surface area contributed by atoms with E-state index in [2.05, 4.69) is 0 Å². The van der Waals surface area contributed by atoms with Crippen molar-refractivity contribution >= 4 is 63.5 Å². The molecule has 1 saturated carbocycles. The Balaban J connectivity index is 1.55. The van der Waals surface area contributed by atoms with Gasteiger partial charge in [0.25, 0.3) is 5.91 Å². The lowest BCUT2D eigenvalue weighted by Crippen LogP contribution is -2.39. The molecule has 1 amide bonds. The molecular weight excluding hydrogens is 421 g/mol. The van der Waals surface area contributed by atoms with Gasteiger partial charge < -0.3 is 4.42 Å². The quantitative estimate of drug-likeness (QED) is 0.390. The molecule has 1 aliphatic heterocycles. The second-order valence-corrected chi connectivity index (χ2v) is 9.16. The van der Waals surface area contributed by atoms with Crippen LogP contribution in [0, 0.1) is 0 Å². The lowest BCUT2D eigenvalue weighted by molar-refractivity contribution is -0.124. The molecule has 140 valence electrons. The summed E-state index contributed by atoms with van der Waals surface area (Å²) in [5, 5.41) is 0.971. The number of benzene rings is 1. The van der Waals surface area contributed by atoms with Crippen molar-refractivity contribution < 1.29 is 9.21 Å². The first-order chi connectivity index (χ1) is 13.0. The van der Waals surface area contributed by atoms with Crippen LogP contribution in [0.25, 0.3) is 17.4 Å². The van der Waals surface area contributed by atoms with Gasteiger partial charge >= 0.3 is 0 Å². The van der Waals surface area contributed by atoms with Gasteiger partial charge in [0, 0.05) is 17.7 Å². The topological polar surface area (TPSA) is 33.5 Å². The lowest BCUT2D eigenvalue weighted by atomic mass is 9.94. The molecule has 4 rings (SSSR count). The predicted molar refractivity (Wildman–Crippen MR) is 116 cm³/mol. The number of hydrogen-bond donors (Lipinski definition) is 0. The van der Waals surface area contributed by atoms with E-state index in [4.69, 9.17) is 39.8 Å². The summed E-state index contributed by atoms with van der Waals surface area (Å²) in [5.41, 5.74) is 0.832. The Labute approximate surface area is 177 Å². The number of amides is 1. The number of hydrogen-bond acceptors (Lipinski definition) is 4. The molecule has 7 heteroatoms. The molecule has 3 nitrogen and oxygen atoms in total. The number of nitrogens with zero attached hydrogens (tertiary/aromatic N) is 1. The Morgan fingerprint density at radius 3 is 2.63 bits per heavy atom. The van der Waals surface area contributed by atoms with Crippen molar-refractivity contribution in [3.05, 3.63) is 51.0 Å². The van der Waals surface area contributed by atoms with Gasteiger partial charge in [-0.1, -0.05) is 66.4 Å².